The monoisotopic (exact) mass is 305 g/mol. The van der Waals surface area contributed by atoms with Crippen molar-refractivity contribution in [2.24, 2.45) is 0 Å². The van der Waals surface area contributed by atoms with Crippen molar-refractivity contribution in [1.82, 2.24) is 4.90 Å². The summed E-state index contributed by atoms with van der Waals surface area (Å²) in [7, 11) is 0. The number of rotatable bonds is 4. The Labute approximate surface area is 130 Å². The molecule has 2 saturated heterocycles. The molecular formula is C17H23NO4. The lowest BCUT2D eigenvalue weighted by molar-refractivity contribution is -0.163. The van der Waals surface area contributed by atoms with E-state index >= 15 is 0 Å². The van der Waals surface area contributed by atoms with Gasteiger partial charge in [-0.25, -0.2) is 0 Å². The van der Waals surface area contributed by atoms with E-state index in [2.05, 4.69) is 0 Å². The van der Waals surface area contributed by atoms with E-state index in [1.165, 1.54) is 0 Å². The van der Waals surface area contributed by atoms with Gasteiger partial charge in [-0.05, 0) is 26.3 Å². The summed E-state index contributed by atoms with van der Waals surface area (Å²) in [5.41, 5.74) is 0.577. The Morgan fingerprint density at radius 3 is 2.55 bits per heavy atom. The summed E-state index contributed by atoms with van der Waals surface area (Å²) in [5.74, 6) is -0.271. The summed E-state index contributed by atoms with van der Waals surface area (Å²) in [6, 6.07) is 9.35. The highest BCUT2D eigenvalue weighted by molar-refractivity contribution is 5.78. The Kier molecular flexibility index (Phi) is 3.97. The van der Waals surface area contributed by atoms with Crippen molar-refractivity contribution in [2.75, 3.05) is 6.61 Å². The van der Waals surface area contributed by atoms with E-state index in [0.717, 1.165) is 5.56 Å². The zero-order valence-electron chi connectivity index (χ0n) is 13.2. The maximum atomic E-state index is 12.5. The van der Waals surface area contributed by atoms with E-state index in [-0.39, 0.29) is 30.8 Å². The van der Waals surface area contributed by atoms with Gasteiger partial charge in [0, 0.05) is 6.54 Å². The van der Waals surface area contributed by atoms with Crippen molar-refractivity contribution in [3.8, 4) is 0 Å². The molecule has 0 aliphatic carbocycles. The molecule has 0 amide bonds. The van der Waals surface area contributed by atoms with Gasteiger partial charge in [0.25, 0.3) is 0 Å². The number of carbonyl (C=O) groups excluding carboxylic acids is 1. The number of hydrogen-bond donors (Lipinski definition) is 1. The standard InChI is InChI=1S/C17H23NO4/c1-17(2,3)22-16(20)13-15-14(21-15)12(10-19)18(13)9-11-7-5-4-6-8-11/h4-8,12-15,19H,9-10H2,1-3H3/t12-,13+,14+,15-/m1/s1. The summed E-state index contributed by atoms with van der Waals surface area (Å²) in [6.45, 7) is 6.15. The van der Waals surface area contributed by atoms with Crippen molar-refractivity contribution in [1.29, 1.82) is 0 Å². The molecule has 2 fully saturated rings. The number of aliphatic hydroxyl groups excluding tert-OH is 1. The molecular weight excluding hydrogens is 282 g/mol. The summed E-state index contributed by atoms with van der Waals surface area (Å²) >= 11 is 0. The molecule has 2 aliphatic heterocycles. The van der Waals surface area contributed by atoms with Crippen LogP contribution in [-0.2, 0) is 20.8 Å². The van der Waals surface area contributed by atoms with E-state index in [1.54, 1.807) is 0 Å². The van der Waals surface area contributed by atoms with Gasteiger partial charge in [-0.3, -0.25) is 9.69 Å². The van der Waals surface area contributed by atoms with Gasteiger partial charge in [0.05, 0.1) is 12.6 Å². The number of epoxide rings is 1. The summed E-state index contributed by atoms with van der Waals surface area (Å²) < 4.78 is 11.1. The molecule has 120 valence electrons. The van der Waals surface area contributed by atoms with Crippen LogP contribution in [0.25, 0.3) is 0 Å². The Morgan fingerprint density at radius 1 is 1.27 bits per heavy atom. The van der Waals surface area contributed by atoms with Gasteiger partial charge in [0.15, 0.2) is 0 Å². The highest BCUT2D eigenvalue weighted by Crippen LogP contribution is 2.43. The molecule has 0 saturated carbocycles. The average molecular weight is 305 g/mol. The molecule has 2 heterocycles. The first kappa shape index (κ1) is 15.5. The second-order valence-corrected chi connectivity index (χ2v) is 6.95. The van der Waals surface area contributed by atoms with Gasteiger partial charge in [-0.1, -0.05) is 30.3 Å². The van der Waals surface area contributed by atoms with Crippen LogP contribution in [0.1, 0.15) is 26.3 Å². The Bertz CT molecular complexity index is 539. The molecule has 4 atom stereocenters. The SMILES string of the molecule is CC(C)(C)OC(=O)[C@@H]1[C@H]2O[C@H]2[C@@H](CO)N1Cc1ccccc1. The van der Waals surface area contributed by atoms with E-state index in [9.17, 15) is 9.90 Å². The number of esters is 1. The van der Waals surface area contributed by atoms with Crippen LogP contribution >= 0.6 is 0 Å². The second kappa shape index (κ2) is 5.65. The molecule has 3 rings (SSSR count). The number of hydrogen-bond acceptors (Lipinski definition) is 5. The highest BCUT2D eigenvalue weighted by atomic mass is 16.6. The molecule has 2 aliphatic rings. The van der Waals surface area contributed by atoms with Crippen LogP contribution in [0.15, 0.2) is 30.3 Å². The normalized spacial score (nSPS) is 30.9. The van der Waals surface area contributed by atoms with Gasteiger partial charge >= 0.3 is 5.97 Å². The van der Waals surface area contributed by atoms with Gasteiger partial charge < -0.3 is 14.6 Å². The van der Waals surface area contributed by atoms with Gasteiger partial charge in [-0.15, -0.1) is 0 Å². The van der Waals surface area contributed by atoms with E-state index in [4.69, 9.17) is 9.47 Å². The number of likely N-dealkylation sites (tertiary alicyclic amines) is 1. The molecule has 5 heteroatoms. The van der Waals surface area contributed by atoms with Crippen LogP contribution in [0.5, 0.6) is 0 Å². The lowest BCUT2D eigenvalue weighted by atomic mass is 10.1. The molecule has 0 aromatic heterocycles. The van der Waals surface area contributed by atoms with Crippen LogP contribution in [0.4, 0.5) is 0 Å². The predicted molar refractivity (Wildman–Crippen MR) is 81.2 cm³/mol. The maximum Gasteiger partial charge on any atom is 0.326 e. The summed E-state index contributed by atoms with van der Waals surface area (Å²) in [5, 5.41) is 9.67. The van der Waals surface area contributed by atoms with Crippen molar-refractivity contribution < 1.29 is 19.4 Å². The molecule has 1 N–H and O–H groups in total. The van der Waals surface area contributed by atoms with Crippen LogP contribution in [0.3, 0.4) is 0 Å². The molecule has 0 spiro atoms. The number of morpholine rings is 1. The molecule has 0 unspecified atom stereocenters. The maximum absolute atomic E-state index is 12.5. The molecule has 0 bridgehead atoms. The molecule has 0 radical (unpaired) electrons. The van der Waals surface area contributed by atoms with E-state index < -0.39 is 11.6 Å². The largest absolute Gasteiger partial charge is 0.459 e. The molecule has 1 aromatic rings. The number of benzene rings is 1. The molecule has 1 aromatic carbocycles. The first-order chi connectivity index (χ1) is 10.4. The fourth-order valence-corrected chi connectivity index (χ4v) is 3.13. The topological polar surface area (TPSA) is 62.3 Å². The van der Waals surface area contributed by atoms with Crippen LogP contribution < -0.4 is 0 Å². The first-order valence-electron chi connectivity index (χ1n) is 7.69. The van der Waals surface area contributed by atoms with Gasteiger partial charge in [0.1, 0.15) is 23.9 Å². The smallest absolute Gasteiger partial charge is 0.326 e. The lowest BCUT2D eigenvalue weighted by Gasteiger charge is -2.32. The van der Waals surface area contributed by atoms with Gasteiger partial charge in [-0.2, -0.15) is 0 Å². The zero-order chi connectivity index (χ0) is 15.9. The van der Waals surface area contributed by atoms with Crippen molar-refractivity contribution in [3.63, 3.8) is 0 Å². The number of nitrogens with zero attached hydrogens (tertiary/aromatic N) is 1. The third-order valence-electron chi connectivity index (χ3n) is 4.08. The fraction of sp³-hybridized carbons (Fsp3) is 0.588. The van der Waals surface area contributed by atoms with Gasteiger partial charge in [0.2, 0.25) is 0 Å². The minimum atomic E-state index is -0.531. The number of ether oxygens (including phenoxy) is 2. The Balaban J connectivity index is 1.79. The highest BCUT2D eigenvalue weighted by Gasteiger charge is 2.63. The average Bonchev–Trinajstić information content (AvgIpc) is 3.13. The number of aliphatic hydroxyl groups is 1. The van der Waals surface area contributed by atoms with Crippen LogP contribution in [0, 0.1) is 0 Å². The summed E-state index contributed by atoms with van der Waals surface area (Å²) in [4.78, 5) is 14.6. The minimum Gasteiger partial charge on any atom is -0.459 e. The van der Waals surface area contributed by atoms with Crippen molar-refractivity contribution >= 4 is 5.97 Å². The first-order valence-corrected chi connectivity index (χ1v) is 7.69. The van der Waals surface area contributed by atoms with Crippen LogP contribution in [0.2, 0.25) is 0 Å². The minimum absolute atomic E-state index is 0.0205. The number of fused-ring (bicyclic) bond motifs is 1. The third-order valence-corrected chi connectivity index (χ3v) is 4.08. The number of carbonyl (C=O) groups is 1. The van der Waals surface area contributed by atoms with E-state index in [1.807, 2.05) is 56.0 Å². The molecule has 22 heavy (non-hydrogen) atoms. The Morgan fingerprint density at radius 2 is 1.95 bits per heavy atom. The van der Waals surface area contributed by atoms with Crippen molar-refractivity contribution in [2.45, 2.75) is 57.2 Å². The Hall–Kier alpha value is -1.43. The van der Waals surface area contributed by atoms with E-state index in [0.29, 0.717) is 6.54 Å². The second-order valence-electron chi connectivity index (χ2n) is 6.95. The molecule has 5 nitrogen and oxygen atoms in total. The fourth-order valence-electron chi connectivity index (χ4n) is 3.13. The third kappa shape index (κ3) is 3.02. The quantitative estimate of drug-likeness (QED) is 0.672. The summed E-state index contributed by atoms with van der Waals surface area (Å²) in [6.07, 6.45) is -0.220. The van der Waals surface area contributed by atoms with Crippen LogP contribution in [-0.4, -0.2) is 52.5 Å². The lowest BCUT2D eigenvalue weighted by Crippen LogP contribution is -2.48. The predicted octanol–water partition coefficient (Wildman–Crippen LogP) is 1.34. The van der Waals surface area contributed by atoms with Crippen molar-refractivity contribution in [3.05, 3.63) is 35.9 Å². The zero-order valence-corrected chi connectivity index (χ0v) is 13.2.